The highest BCUT2D eigenvalue weighted by molar-refractivity contribution is 9.10. The number of carbonyl (C=O) groups excluding carboxylic acids is 2. The Bertz CT molecular complexity index is 836. The van der Waals surface area contributed by atoms with E-state index in [-0.39, 0.29) is 17.6 Å². The first-order chi connectivity index (χ1) is 14.4. The smallest absolute Gasteiger partial charge is 0.413 e. The summed E-state index contributed by atoms with van der Waals surface area (Å²) in [6.07, 6.45) is 4.66. The molecule has 0 bridgehead atoms. The average Bonchev–Trinajstić information content (AvgIpc) is 2.66. The van der Waals surface area contributed by atoms with Gasteiger partial charge in [0.2, 0.25) is 0 Å². The van der Waals surface area contributed by atoms with Crippen LogP contribution in [0.1, 0.15) is 84.8 Å². The second-order valence-corrected chi connectivity index (χ2v) is 10.8. The van der Waals surface area contributed by atoms with E-state index < -0.39 is 17.2 Å². The summed E-state index contributed by atoms with van der Waals surface area (Å²) in [7, 11) is 0. The zero-order valence-corrected chi connectivity index (χ0v) is 21.6. The van der Waals surface area contributed by atoms with E-state index >= 15 is 0 Å². The number of aryl methyl sites for hydroxylation is 1. The predicted molar refractivity (Wildman–Crippen MR) is 129 cm³/mol. The van der Waals surface area contributed by atoms with Gasteiger partial charge in [0.15, 0.2) is 5.78 Å². The minimum Gasteiger partial charge on any atom is -0.444 e. The minimum atomic E-state index is -1.04. The lowest BCUT2D eigenvalue weighted by Gasteiger charge is -2.41. The van der Waals surface area contributed by atoms with E-state index in [0.717, 1.165) is 41.3 Å². The molecule has 1 atom stereocenters. The first-order valence-corrected chi connectivity index (χ1v) is 12.0. The molecule has 0 saturated heterocycles. The average molecular weight is 493 g/mol. The monoisotopic (exact) mass is 492 g/mol. The molecule has 6 heteroatoms. The number of benzene rings is 1. The summed E-state index contributed by atoms with van der Waals surface area (Å²) in [5.41, 5.74) is 0.287. The van der Waals surface area contributed by atoms with Crippen molar-refractivity contribution in [2.75, 3.05) is 0 Å². The van der Waals surface area contributed by atoms with Gasteiger partial charge in [0.25, 0.3) is 0 Å². The number of amides is 1. The summed E-state index contributed by atoms with van der Waals surface area (Å²) in [5.74, 6) is 0.372. The fraction of sp³-hybridized carbons (Fsp3) is 0.640. The summed E-state index contributed by atoms with van der Waals surface area (Å²) in [6.45, 7) is 13.1. The number of hydrogen-bond donors (Lipinski definition) is 1. The largest absolute Gasteiger partial charge is 0.444 e. The molecule has 1 amide bonds. The van der Waals surface area contributed by atoms with Gasteiger partial charge < -0.3 is 4.74 Å². The molecule has 1 N–H and O–H groups in total. The Morgan fingerprint density at radius 1 is 1.16 bits per heavy atom. The summed E-state index contributed by atoms with van der Waals surface area (Å²) < 4.78 is 6.32. The molecule has 172 valence electrons. The maximum absolute atomic E-state index is 13.9. The number of ketones is 1. The predicted octanol–water partition coefficient (Wildman–Crippen LogP) is 6.70. The van der Waals surface area contributed by atoms with Crippen LogP contribution < -0.4 is 5.32 Å². The molecule has 0 aromatic heterocycles. The summed E-state index contributed by atoms with van der Waals surface area (Å²) >= 11 is 3.59. The SMILES string of the molecule is CC(=NC(C(=O)C(C)C)(c1cc(Br)ccc1C)C1CCCCC1)NC(=O)OC(C)(C)C. The topological polar surface area (TPSA) is 67.8 Å². The van der Waals surface area contributed by atoms with E-state index in [1.807, 2.05) is 59.7 Å². The molecular formula is C25H37BrN2O3. The van der Waals surface area contributed by atoms with Crippen LogP contribution in [0.2, 0.25) is 0 Å². The molecule has 1 fully saturated rings. The number of alkyl carbamates (subject to hydrolysis) is 1. The zero-order chi connectivity index (χ0) is 23.4. The number of rotatable bonds is 5. The van der Waals surface area contributed by atoms with Crippen LogP contribution in [-0.4, -0.2) is 23.3 Å². The lowest BCUT2D eigenvalue weighted by Crippen LogP contribution is -2.47. The van der Waals surface area contributed by atoms with Gasteiger partial charge in [-0.15, -0.1) is 0 Å². The van der Waals surface area contributed by atoms with Crippen molar-refractivity contribution in [3.05, 3.63) is 33.8 Å². The Morgan fingerprint density at radius 2 is 1.77 bits per heavy atom. The number of carbonyl (C=O) groups is 2. The summed E-state index contributed by atoms with van der Waals surface area (Å²) in [5, 5.41) is 2.75. The lowest BCUT2D eigenvalue weighted by atomic mass is 9.66. The number of Topliss-reactive ketones (excluding diaryl/α,β-unsaturated/α-hetero) is 1. The van der Waals surface area contributed by atoms with E-state index in [9.17, 15) is 9.59 Å². The van der Waals surface area contributed by atoms with Gasteiger partial charge in [-0.25, -0.2) is 4.79 Å². The highest BCUT2D eigenvalue weighted by Gasteiger charge is 2.49. The number of aliphatic imine (C=N–C) groups is 1. The Balaban J connectivity index is 2.65. The van der Waals surface area contributed by atoms with Crippen LogP contribution in [0.4, 0.5) is 4.79 Å². The molecule has 0 spiro atoms. The first kappa shape index (κ1) is 25.6. The molecule has 1 aliphatic rings. The van der Waals surface area contributed by atoms with E-state index in [0.29, 0.717) is 5.84 Å². The number of amidine groups is 1. The number of hydrogen-bond acceptors (Lipinski definition) is 4. The van der Waals surface area contributed by atoms with Crippen molar-refractivity contribution in [2.24, 2.45) is 16.8 Å². The van der Waals surface area contributed by atoms with Crippen molar-refractivity contribution in [1.82, 2.24) is 5.32 Å². The highest BCUT2D eigenvalue weighted by atomic mass is 79.9. The fourth-order valence-electron chi connectivity index (χ4n) is 4.47. The van der Waals surface area contributed by atoms with Gasteiger partial charge >= 0.3 is 6.09 Å². The quantitative estimate of drug-likeness (QED) is 0.367. The van der Waals surface area contributed by atoms with Crippen LogP contribution >= 0.6 is 15.9 Å². The molecule has 1 aliphatic carbocycles. The van der Waals surface area contributed by atoms with Crippen LogP contribution in [0.25, 0.3) is 0 Å². The van der Waals surface area contributed by atoms with Gasteiger partial charge in [-0.3, -0.25) is 15.1 Å². The molecule has 31 heavy (non-hydrogen) atoms. The second kappa shape index (κ2) is 10.3. The highest BCUT2D eigenvalue weighted by Crippen LogP contribution is 2.46. The fourth-order valence-corrected chi connectivity index (χ4v) is 4.83. The number of halogens is 1. The van der Waals surface area contributed by atoms with Gasteiger partial charge in [0.1, 0.15) is 17.0 Å². The molecule has 1 unspecified atom stereocenters. The van der Waals surface area contributed by atoms with Gasteiger partial charge in [0, 0.05) is 10.4 Å². The lowest BCUT2D eigenvalue weighted by molar-refractivity contribution is -0.130. The summed E-state index contributed by atoms with van der Waals surface area (Å²) in [6, 6.07) is 6.03. The Morgan fingerprint density at radius 3 is 2.32 bits per heavy atom. The van der Waals surface area contributed by atoms with Crippen LogP contribution in [-0.2, 0) is 15.1 Å². The molecule has 5 nitrogen and oxygen atoms in total. The van der Waals surface area contributed by atoms with Crippen molar-refractivity contribution in [3.8, 4) is 0 Å². The van der Waals surface area contributed by atoms with E-state index in [1.54, 1.807) is 6.92 Å². The number of ether oxygens (including phenoxy) is 1. The van der Waals surface area contributed by atoms with Crippen LogP contribution in [0.5, 0.6) is 0 Å². The van der Waals surface area contributed by atoms with Crippen LogP contribution in [0.3, 0.4) is 0 Å². The van der Waals surface area contributed by atoms with E-state index in [1.165, 1.54) is 6.42 Å². The third-order valence-electron chi connectivity index (χ3n) is 5.73. The minimum absolute atomic E-state index is 0.0829. The van der Waals surface area contributed by atoms with Crippen molar-refractivity contribution in [1.29, 1.82) is 0 Å². The van der Waals surface area contributed by atoms with Gasteiger partial charge in [-0.1, -0.05) is 55.1 Å². The number of nitrogens with one attached hydrogen (secondary N) is 1. The van der Waals surface area contributed by atoms with Gasteiger partial charge in [0.05, 0.1) is 0 Å². The number of nitrogens with zero attached hydrogens (tertiary/aromatic N) is 1. The molecule has 0 aliphatic heterocycles. The Hall–Kier alpha value is -1.69. The Kier molecular flexibility index (Phi) is 8.48. The normalized spacial score (nSPS) is 17.9. The molecular weight excluding hydrogens is 456 g/mol. The molecule has 2 rings (SSSR count). The standard InChI is InChI=1S/C25H37BrN2O3/c1-16(2)22(29)25(19-11-9-8-10-12-19,21-15-20(26)14-13-17(21)3)28-18(4)27-23(30)31-24(5,6)7/h13-16,19H,8-12H2,1-7H3,(H,27,28,30). The van der Waals surface area contributed by atoms with Crippen molar-refractivity contribution in [3.63, 3.8) is 0 Å². The second-order valence-electron chi connectivity index (χ2n) is 9.90. The third kappa shape index (κ3) is 6.41. The maximum atomic E-state index is 13.9. The van der Waals surface area contributed by atoms with Crippen molar-refractivity contribution >= 4 is 33.6 Å². The molecule has 1 saturated carbocycles. The third-order valence-corrected chi connectivity index (χ3v) is 6.23. The maximum Gasteiger partial charge on any atom is 0.413 e. The summed E-state index contributed by atoms with van der Waals surface area (Å²) in [4.78, 5) is 31.3. The van der Waals surface area contributed by atoms with Crippen molar-refractivity contribution in [2.45, 2.75) is 91.7 Å². The van der Waals surface area contributed by atoms with Gasteiger partial charge in [-0.2, -0.15) is 0 Å². The molecule has 0 radical (unpaired) electrons. The van der Waals surface area contributed by atoms with Crippen LogP contribution in [0.15, 0.2) is 27.7 Å². The van der Waals surface area contributed by atoms with Gasteiger partial charge in [-0.05, 0) is 76.6 Å². The Labute approximate surface area is 195 Å². The first-order valence-electron chi connectivity index (χ1n) is 11.2. The zero-order valence-electron chi connectivity index (χ0n) is 20.0. The van der Waals surface area contributed by atoms with Crippen LogP contribution in [0, 0.1) is 18.8 Å². The molecule has 0 heterocycles. The van der Waals surface area contributed by atoms with E-state index in [2.05, 4.69) is 21.2 Å². The molecule has 1 aromatic rings. The van der Waals surface area contributed by atoms with Crippen molar-refractivity contribution < 1.29 is 14.3 Å². The molecule has 1 aromatic carbocycles. The van der Waals surface area contributed by atoms with E-state index in [4.69, 9.17) is 9.73 Å².